The van der Waals surface area contributed by atoms with Crippen LogP contribution < -0.4 is 10.1 Å². The van der Waals surface area contributed by atoms with Crippen LogP contribution in [0.3, 0.4) is 0 Å². The van der Waals surface area contributed by atoms with Crippen LogP contribution >= 0.6 is 0 Å². The molecule has 0 saturated heterocycles. The van der Waals surface area contributed by atoms with Gasteiger partial charge in [0.1, 0.15) is 17.9 Å². The van der Waals surface area contributed by atoms with Crippen molar-refractivity contribution in [3.63, 3.8) is 0 Å². The Hall–Kier alpha value is -2.38. The van der Waals surface area contributed by atoms with Crippen LogP contribution in [0.15, 0.2) is 18.5 Å². The molecule has 1 aliphatic carbocycles. The van der Waals surface area contributed by atoms with E-state index in [1.807, 2.05) is 0 Å². The molecule has 0 radical (unpaired) electrons. The van der Waals surface area contributed by atoms with E-state index in [0.29, 0.717) is 6.42 Å². The summed E-state index contributed by atoms with van der Waals surface area (Å²) in [7, 11) is 0. The van der Waals surface area contributed by atoms with Crippen LogP contribution in [0.25, 0.3) is 0 Å². The second-order valence-electron chi connectivity index (χ2n) is 6.44. The van der Waals surface area contributed by atoms with E-state index in [2.05, 4.69) is 10.3 Å². The average Bonchev–Trinajstić information content (AvgIpc) is 2.84. The molecule has 8 nitrogen and oxygen atoms in total. The molecule has 2 atom stereocenters. The molecule has 1 fully saturated rings. The minimum Gasteiger partial charge on any atom is -0.481 e. The van der Waals surface area contributed by atoms with E-state index in [0.717, 1.165) is 19.0 Å². The topological polar surface area (TPSA) is 104 Å². The van der Waals surface area contributed by atoms with Crippen molar-refractivity contribution in [1.82, 2.24) is 10.3 Å². The fraction of sp³-hybridized carbons (Fsp3) is 0.600. The molecule has 1 saturated carbocycles. The molecular formula is C15H21N3O5. The van der Waals surface area contributed by atoms with E-state index in [4.69, 9.17) is 9.47 Å². The SMILES string of the molecule is CC(C)(C)OC(=O)N[C@H]1CCC[C@@H]1Oc1ccncc1[N+](=O)[O-]. The van der Waals surface area contributed by atoms with Gasteiger partial charge < -0.3 is 14.8 Å². The van der Waals surface area contributed by atoms with Gasteiger partial charge in [-0.25, -0.2) is 4.79 Å². The number of nitro groups is 1. The number of nitrogens with one attached hydrogen (secondary N) is 1. The summed E-state index contributed by atoms with van der Waals surface area (Å²) in [6, 6.07) is 1.22. The van der Waals surface area contributed by atoms with Crippen LogP contribution in [0.1, 0.15) is 40.0 Å². The lowest BCUT2D eigenvalue weighted by atomic mass is 10.2. The highest BCUT2D eigenvalue weighted by atomic mass is 16.6. The molecule has 1 aliphatic rings. The van der Waals surface area contributed by atoms with Crippen LogP contribution in [-0.4, -0.2) is 33.7 Å². The molecule has 1 heterocycles. The Kier molecular flexibility index (Phi) is 5.02. The molecule has 8 heteroatoms. The lowest BCUT2D eigenvalue weighted by Crippen LogP contribution is -2.44. The summed E-state index contributed by atoms with van der Waals surface area (Å²) in [5.74, 6) is 0.160. The number of hydrogen-bond acceptors (Lipinski definition) is 6. The lowest BCUT2D eigenvalue weighted by Gasteiger charge is -2.25. The first-order chi connectivity index (χ1) is 10.8. The number of pyridine rings is 1. The van der Waals surface area contributed by atoms with E-state index in [1.165, 1.54) is 12.3 Å². The van der Waals surface area contributed by atoms with Crippen molar-refractivity contribution in [3.05, 3.63) is 28.6 Å². The summed E-state index contributed by atoms with van der Waals surface area (Å²) in [5, 5.41) is 13.8. The van der Waals surface area contributed by atoms with Crippen molar-refractivity contribution in [3.8, 4) is 5.75 Å². The van der Waals surface area contributed by atoms with Crippen molar-refractivity contribution in [2.45, 2.75) is 57.8 Å². The first-order valence-electron chi connectivity index (χ1n) is 7.51. The largest absolute Gasteiger partial charge is 0.481 e. The van der Waals surface area contributed by atoms with E-state index < -0.39 is 16.6 Å². The van der Waals surface area contributed by atoms with E-state index >= 15 is 0 Å². The lowest BCUT2D eigenvalue weighted by molar-refractivity contribution is -0.386. The molecule has 0 bridgehead atoms. The predicted octanol–water partition coefficient (Wildman–Crippen LogP) is 2.81. The molecule has 0 spiro atoms. The molecule has 23 heavy (non-hydrogen) atoms. The number of aromatic nitrogens is 1. The van der Waals surface area contributed by atoms with Crippen molar-refractivity contribution in [1.29, 1.82) is 0 Å². The number of hydrogen-bond donors (Lipinski definition) is 1. The maximum atomic E-state index is 11.9. The van der Waals surface area contributed by atoms with E-state index in [1.54, 1.807) is 20.8 Å². The van der Waals surface area contributed by atoms with Crippen LogP contribution in [0.5, 0.6) is 5.75 Å². The summed E-state index contributed by atoms with van der Waals surface area (Å²) < 4.78 is 11.0. The minimum atomic E-state index is -0.580. The third-order valence-corrected chi connectivity index (χ3v) is 3.39. The van der Waals surface area contributed by atoms with Crippen LogP contribution in [0.4, 0.5) is 10.5 Å². The van der Waals surface area contributed by atoms with Gasteiger partial charge in [-0.3, -0.25) is 15.1 Å². The highest BCUT2D eigenvalue weighted by Gasteiger charge is 2.33. The fourth-order valence-corrected chi connectivity index (χ4v) is 2.46. The molecule has 1 N–H and O–H groups in total. The van der Waals surface area contributed by atoms with Crippen LogP contribution in [0, 0.1) is 10.1 Å². The molecule has 126 valence electrons. The van der Waals surface area contributed by atoms with Crippen molar-refractivity contribution in [2.24, 2.45) is 0 Å². The van der Waals surface area contributed by atoms with Gasteiger partial charge in [-0.2, -0.15) is 0 Å². The van der Waals surface area contributed by atoms with Gasteiger partial charge in [0.2, 0.25) is 5.75 Å². The highest BCUT2D eigenvalue weighted by Crippen LogP contribution is 2.30. The first kappa shape index (κ1) is 17.0. The maximum Gasteiger partial charge on any atom is 0.408 e. The molecular weight excluding hydrogens is 302 g/mol. The summed E-state index contributed by atoms with van der Waals surface area (Å²) in [5.41, 5.74) is -0.765. The van der Waals surface area contributed by atoms with Gasteiger partial charge >= 0.3 is 11.8 Å². The van der Waals surface area contributed by atoms with Crippen molar-refractivity contribution >= 4 is 11.8 Å². The predicted molar refractivity (Wildman–Crippen MR) is 82.3 cm³/mol. The molecule has 2 rings (SSSR count). The van der Waals surface area contributed by atoms with Crippen molar-refractivity contribution < 1.29 is 19.2 Å². The smallest absolute Gasteiger partial charge is 0.408 e. The Bertz CT molecular complexity index is 585. The Labute approximate surface area is 134 Å². The standard InChI is InChI=1S/C15H21N3O5/c1-15(2,3)23-14(19)17-10-5-4-6-12(10)22-13-7-8-16-9-11(13)18(20)21/h7-10,12H,4-6H2,1-3H3,(H,17,19)/t10-,12-/m0/s1. The molecule has 1 amide bonds. The summed E-state index contributed by atoms with van der Waals surface area (Å²) >= 11 is 0. The zero-order chi connectivity index (χ0) is 17.0. The van der Waals surface area contributed by atoms with E-state index in [9.17, 15) is 14.9 Å². The number of nitrogens with zero attached hydrogens (tertiary/aromatic N) is 2. The Morgan fingerprint density at radius 3 is 2.83 bits per heavy atom. The minimum absolute atomic E-state index is 0.160. The van der Waals surface area contributed by atoms with Gasteiger partial charge in [0.25, 0.3) is 0 Å². The summed E-state index contributed by atoms with van der Waals surface area (Å²) in [4.78, 5) is 26.1. The molecule has 0 unspecified atom stereocenters. The van der Waals surface area contributed by atoms with Gasteiger partial charge in [-0.1, -0.05) is 0 Å². The van der Waals surface area contributed by atoms with Gasteiger partial charge in [0, 0.05) is 12.3 Å². The number of carbonyl (C=O) groups excluding carboxylic acids is 1. The number of ether oxygens (including phenoxy) is 2. The highest BCUT2D eigenvalue weighted by molar-refractivity contribution is 5.68. The normalized spacial score (nSPS) is 20.8. The summed E-state index contributed by atoms with van der Waals surface area (Å²) in [6.45, 7) is 5.36. The Balaban J connectivity index is 2.02. The van der Waals surface area contributed by atoms with Crippen LogP contribution in [0.2, 0.25) is 0 Å². The molecule has 1 aromatic rings. The number of rotatable bonds is 4. The Morgan fingerprint density at radius 1 is 1.43 bits per heavy atom. The molecule has 0 aliphatic heterocycles. The van der Waals surface area contributed by atoms with Crippen molar-refractivity contribution in [2.75, 3.05) is 0 Å². The molecule has 1 aromatic heterocycles. The molecule has 0 aromatic carbocycles. The van der Waals surface area contributed by atoms with Gasteiger partial charge in [0.15, 0.2) is 0 Å². The zero-order valence-corrected chi connectivity index (χ0v) is 13.4. The number of amides is 1. The quantitative estimate of drug-likeness (QED) is 0.675. The third-order valence-electron chi connectivity index (χ3n) is 3.39. The van der Waals surface area contributed by atoms with Gasteiger partial charge in [0.05, 0.1) is 11.0 Å². The van der Waals surface area contributed by atoms with Gasteiger partial charge in [-0.05, 0) is 40.0 Å². The summed E-state index contributed by atoms with van der Waals surface area (Å²) in [6.07, 6.45) is 4.06. The maximum absolute atomic E-state index is 11.9. The zero-order valence-electron chi connectivity index (χ0n) is 13.4. The number of carbonyl (C=O) groups is 1. The average molecular weight is 323 g/mol. The fourth-order valence-electron chi connectivity index (χ4n) is 2.46. The number of alkyl carbamates (subject to hydrolysis) is 1. The van der Waals surface area contributed by atoms with Crippen LogP contribution in [-0.2, 0) is 4.74 Å². The third kappa shape index (κ3) is 4.80. The first-order valence-corrected chi connectivity index (χ1v) is 7.51. The second-order valence-corrected chi connectivity index (χ2v) is 6.44. The van der Waals surface area contributed by atoms with Gasteiger partial charge in [-0.15, -0.1) is 0 Å². The second kappa shape index (κ2) is 6.80. The monoisotopic (exact) mass is 323 g/mol. The Morgan fingerprint density at radius 2 is 2.17 bits per heavy atom. The van der Waals surface area contributed by atoms with E-state index in [-0.39, 0.29) is 23.6 Å².